The summed E-state index contributed by atoms with van der Waals surface area (Å²) in [5, 5.41) is 9.57. The smallest absolute Gasteiger partial charge is 0.244 e. The second-order valence-corrected chi connectivity index (χ2v) is 6.30. The number of amides is 1. The van der Waals surface area contributed by atoms with Gasteiger partial charge in [0.15, 0.2) is 0 Å². The van der Waals surface area contributed by atoms with E-state index in [1.54, 1.807) is 27.7 Å². The number of nitrogens with zero attached hydrogens (tertiary/aromatic N) is 2. The highest BCUT2D eigenvalue weighted by molar-refractivity contribution is 7.14. The highest BCUT2D eigenvalue weighted by atomic mass is 32.1. The lowest BCUT2D eigenvalue weighted by atomic mass is 10.3. The monoisotopic (exact) mass is 322 g/mol. The first-order valence-corrected chi connectivity index (χ1v) is 8.10. The van der Waals surface area contributed by atoms with Gasteiger partial charge in [-0.05, 0) is 35.0 Å². The Balaban J connectivity index is 1.78. The lowest BCUT2D eigenvalue weighted by Crippen LogP contribution is -2.41. The number of anilines is 2. The number of hydrazine groups is 2. The van der Waals surface area contributed by atoms with Crippen LogP contribution in [0.1, 0.15) is 6.42 Å². The molecule has 0 fully saturated rings. The Morgan fingerprint density at radius 2 is 1.62 bits per heavy atom. The first-order valence-electron chi connectivity index (χ1n) is 6.34. The van der Waals surface area contributed by atoms with Gasteiger partial charge in [0.2, 0.25) is 5.91 Å². The van der Waals surface area contributed by atoms with Crippen molar-refractivity contribution in [2.45, 2.75) is 6.42 Å². The van der Waals surface area contributed by atoms with Crippen molar-refractivity contribution in [2.75, 3.05) is 24.1 Å². The van der Waals surface area contributed by atoms with Crippen LogP contribution in [-0.4, -0.2) is 20.0 Å². The Labute approximate surface area is 132 Å². The zero-order chi connectivity index (χ0) is 15.2. The van der Waals surface area contributed by atoms with Crippen LogP contribution in [0.25, 0.3) is 0 Å². The van der Waals surface area contributed by atoms with Gasteiger partial charge in [-0.25, -0.2) is 0 Å². The Morgan fingerprint density at radius 3 is 2.10 bits per heavy atom. The van der Waals surface area contributed by atoms with Crippen LogP contribution >= 0.6 is 22.7 Å². The highest BCUT2D eigenvalue weighted by Crippen LogP contribution is 2.19. The first kappa shape index (κ1) is 15.4. The fraction of sp³-hybridized carbons (Fsp3) is 0.214. The minimum atomic E-state index is -0.108. The number of thiophene rings is 2. The Bertz CT molecular complexity index is 528. The van der Waals surface area contributed by atoms with Crippen molar-refractivity contribution in [1.82, 2.24) is 10.9 Å². The van der Waals surface area contributed by atoms with Crippen LogP contribution in [0, 0.1) is 0 Å². The van der Waals surface area contributed by atoms with Crippen LogP contribution in [0.3, 0.4) is 0 Å². The molecule has 2 rings (SSSR count). The molecular weight excluding hydrogens is 304 g/mol. The van der Waals surface area contributed by atoms with Gasteiger partial charge in [-0.3, -0.25) is 20.2 Å². The lowest BCUT2D eigenvalue weighted by molar-refractivity contribution is -0.120. The Kier molecular flexibility index (Phi) is 5.24. The molecule has 2 aromatic rings. The minimum absolute atomic E-state index is 0.108. The average molecular weight is 322 g/mol. The van der Waals surface area contributed by atoms with E-state index in [9.17, 15) is 4.79 Å². The minimum Gasteiger partial charge on any atom is -0.302 e. The SMILES string of the molecule is C=C(CC(=O)NN(C)c1cccs1)NN(C)c1cccs1. The maximum absolute atomic E-state index is 12.0. The van der Waals surface area contributed by atoms with Crippen molar-refractivity contribution in [3.63, 3.8) is 0 Å². The van der Waals surface area contributed by atoms with Crippen LogP contribution in [0.15, 0.2) is 47.3 Å². The summed E-state index contributed by atoms with van der Waals surface area (Å²) in [6, 6.07) is 7.86. The second-order valence-electron chi connectivity index (χ2n) is 4.45. The van der Waals surface area contributed by atoms with Gasteiger partial charge >= 0.3 is 0 Å². The number of hydrogen-bond donors (Lipinski definition) is 2. The summed E-state index contributed by atoms with van der Waals surface area (Å²) in [6.07, 6.45) is 0.214. The zero-order valence-corrected chi connectivity index (χ0v) is 13.6. The maximum atomic E-state index is 12.0. The number of carbonyl (C=O) groups excluding carboxylic acids is 1. The van der Waals surface area contributed by atoms with E-state index in [1.165, 1.54) is 0 Å². The molecule has 0 aliphatic heterocycles. The number of carbonyl (C=O) groups is 1. The number of rotatable bonds is 7. The van der Waals surface area contributed by atoms with E-state index < -0.39 is 0 Å². The molecule has 0 saturated heterocycles. The third kappa shape index (κ3) is 4.51. The van der Waals surface area contributed by atoms with Gasteiger partial charge in [-0.1, -0.05) is 6.58 Å². The van der Waals surface area contributed by atoms with Crippen molar-refractivity contribution < 1.29 is 4.79 Å². The van der Waals surface area contributed by atoms with Crippen molar-refractivity contribution in [3.8, 4) is 0 Å². The molecule has 0 radical (unpaired) electrons. The van der Waals surface area contributed by atoms with Crippen LogP contribution < -0.4 is 20.9 Å². The Hall–Kier alpha value is -1.99. The fourth-order valence-electron chi connectivity index (χ4n) is 1.73. The predicted octanol–water partition coefficient (Wildman–Crippen LogP) is 2.82. The summed E-state index contributed by atoms with van der Waals surface area (Å²) in [5.74, 6) is -0.108. The summed E-state index contributed by atoms with van der Waals surface area (Å²) in [5.41, 5.74) is 6.54. The van der Waals surface area contributed by atoms with Gasteiger partial charge in [0.05, 0.1) is 6.42 Å². The van der Waals surface area contributed by atoms with Crippen molar-refractivity contribution >= 4 is 38.6 Å². The first-order chi connectivity index (χ1) is 10.1. The molecule has 2 N–H and O–H groups in total. The summed E-state index contributed by atoms with van der Waals surface area (Å²) >= 11 is 3.18. The molecule has 0 bridgehead atoms. The second kappa shape index (κ2) is 7.14. The molecule has 0 aromatic carbocycles. The van der Waals surface area contributed by atoms with Crippen molar-refractivity contribution in [2.24, 2.45) is 0 Å². The molecule has 2 heterocycles. The van der Waals surface area contributed by atoms with Gasteiger partial charge in [-0.15, -0.1) is 22.7 Å². The average Bonchev–Trinajstić information content (AvgIpc) is 3.12. The molecule has 2 aromatic heterocycles. The molecule has 0 atom stereocenters. The van der Waals surface area contributed by atoms with Gasteiger partial charge in [0, 0.05) is 19.8 Å². The number of hydrogen-bond acceptors (Lipinski definition) is 6. The Morgan fingerprint density at radius 1 is 1.10 bits per heavy atom. The van der Waals surface area contributed by atoms with E-state index >= 15 is 0 Å². The topological polar surface area (TPSA) is 47.6 Å². The molecule has 21 heavy (non-hydrogen) atoms. The van der Waals surface area contributed by atoms with Crippen LogP contribution in [0.4, 0.5) is 10.0 Å². The largest absolute Gasteiger partial charge is 0.302 e. The molecule has 0 aliphatic rings. The number of nitrogens with one attached hydrogen (secondary N) is 2. The normalized spacial score (nSPS) is 10.0. The molecule has 5 nitrogen and oxygen atoms in total. The molecule has 0 spiro atoms. The molecule has 0 unspecified atom stereocenters. The van der Waals surface area contributed by atoms with E-state index in [2.05, 4.69) is 17.4 Å². The third-order valence-corrected chi connectivity index (χ3v) is 4.55. The molecule has 7 heteroatoms. The summed E-state index contributed by atoms with van der Waals surface area (Å²) in [4.78, 5) is 12.0. The molecule has 0 aliphatic carbocycles. The van der Waals surface area contributed by atoms with Crippen molar-refractivity contribution in [1.29, 1.82) is 0 Å². The van der Waals surface area contributed by atoms with E-state index in [4.69, 9.17) is 0 Å². The molecule has 112 valence electrons. The third-order valence-electron chi connectivity index (χ3n) is 2.67. The van der Waals surface area contributed by atoms with E-state index in [-0.39, 0.29) is 12.3 Å². The van der Waals surface area contributed by atoms with Crippen LogP contribution in [0.5, 0.6) is 0 Å². The highest BCUT2D eigenvalue weighted by Gasteiger charge is 2.10. The standard InChI is InChI=1S/C14H18N4OS2/c1-11(15-17(2)13-6-4-8-20-13)10-12(19)16-18(3)14-7-5-9-21-14/h4-9,15H,1,10H2,2-3H3,(H,16,19). The summed E-state index contributed by atoms with van der Waals surface area (Å²) in [7, 11) is 3.71. The van der Waals surface area contributed by atoms with Gasteiger partial charge < -0.3 is 5.43 Å². The molecular formula is C14H18N4OS2. The summed E-state index contributed by atoms with van der Waals surface area (Å²) in [6.45, 7) is 3.89. The zero-order valence-electron chi connectivity index (χ0n) is 12.0. The van der Waals surface area contributed by atoms with Gasteiger partial charge in [0.1, 0.15) is 10.0 Å². The maximum Gasteiger partial charge on any atom is 0.244 e. The van der Waals surface area contributed by atoms with E-state index in [0.29, 0.717) is 5.70 Å². The molecule has 1 amide bonds. The van der Waals surface area contributed by atoms with E-state index in [0.717, 1.165) is 10.0 Å². The fourth-order valence-corrected chi connectivity index (χ4v) is 3.04. The van der Waals surface area contributed by atoms with Crippen LogP contribution in [0.2, 0.25) is 0 Å². The van der Waals surface area contributed by atoms with Gasteiger partial charge in [-0.2, -0.15) is 0 Å². The van der Waals surface area contributed by atoms with Crippen molar-refractivity contribution in [3.05, 3.63) is 47.3 Å². The van der Waals surface area contributed by atoms with Crippen LogP contribution in [-0.2, 0) is 4.79 Å². The molecule has 0 saturated carbocycles. The summed E-state index contributed by atoms with van der Waals surface area (Å²) < 4.78 is 0. The quantitative estimate of drug-likeness (QED) is 0.770. The predicted molar refractivity (Wildman–Crippen MR) is 90.5 cm³/mol. The lowest BCUT2D eigenvalue weighted by Gasteiger charge is -2.22. The van der Waals surface area contributed by atoms with Gasteiger partial charge in [0.25, 0.3) is 0 Å². The van der Waals surface area contributed by atoms with E-state index in [1.807, 2.05) is 54.1 Å².